The summed E-state index contributed by atoms with van der Waals surface area (Å²) in [6.07, 6.45) is 4.42. The van der Waals surface area contributed by atoms with Crippen molar-refractivity contribution in [2.75, 3.05) is 13.2 Å². The summed E-state index contributed by atoms with van der Waals surface area (Å²) in [7, 11) is 0. The summed E-state index contributed by atoms with van der Waals surface area (Å²) >= 11 is 0. The molecule has 3 heterocycles. The average Bonchev–Trinajstić information content (AvgIpc) is 2.97. The van der Waals surface area contributed by atoms with Crippen LogP contribution < -0.4 is 5.32 Å². The first kappa shape index (κ1) is 17.7. The molecule has 6 nitrogen and oxygen atoms in total. The Morgan fingerprint density at radius 2 is 2.04 bits per heavy atom. The average molecular weight is 365 g/mol. The van der Waals surface area contributed by atoms with Crippen LogP contribution >= 0.6 is 0 Å². The number of rotatable bonds is 5. The Labute approximate surface area is 158 Å². The number of hydrogen-bond acceptors (Lipinski definition) is 4. The third-order valence-corrected chi connectivity index (χ3v) is 5.17. The Kier molecular flexibility index (Phi) is 5.16. The summed E-state index contributed by atoms with van der Waals surface area (Å²) in [6.45, 7) is 1.72. The van der Waals surface area contributed by atoms with Gasteiger partial charge >= 0.3 is 6.03 Å². The number of aromatic nitrogens is 1. The number of amides is 3. The Hall–Kier alpha value is -2.73. The van der Waals surface area contributed by atoms with E-state index in [-0.39, 0.29) is 18.5 Å². The van der Waals surface area contributed by atoms with Gasteiger partial charge in [-0.2, -0.15) is 0 Å². The van der Waals surface area contributed by atoms with Gasteiger partial charge in [0.15, 0.2) is 0 Å². The van der Waals surface area contributed by atoms with E-state index in [1.807, 2.05) is 42.5 Å². The highest BCUT2D eigenvalue weighted by molar-refractivity contribution is 6.04. The third-order valence-electron chi connectivity index (χ3n) is 5.17. The SMILES string of the molecule is O=C1NC(CC2CCCOC2)C(=O)N1Cc1ccnc(-c2ccccc2)c1. The zero-order valence-electron chi connectivity index (χ0n) is 15.1. The van der Waals surface area contributed by atoms with Gasteiger partial charge in [-0.3, -0.25) is 14.7 Å². The lowest BCUT2D eigenvalue weighted by Crippen LogP contribution is -2.34. The van der Waals surface area contributed by atoms with Crippen molar-refractivity contribution >= 4 is 11.9 Å². The van der Waals surface area contributed by atoms with E-state index in [9.17, 15) is 9.59 Å². The van der Waals surface area contributed by atoms with Gasteiger partial charge in [-0.25, -0.2) is 4.79 Å². The minimum Gasteiger partial charge on any atom is -0.381 e. The molecular weight excluding hydrogens is 342 g/mol. The molecule has 2 aromatic rings. The van der Waals surface area contributed by atoms with E-state index in [0.717, 1.165) is 36.3 Å². The van der Waals surface area contributed by atoms with Crippen LogP contribution in [0, 0.1) is 5.92 Å². The Morgan fingerprint density at radius 1 is 1.19 bits per heavy atom. The second-order valence-electron chi connectivity index (χ2n) is 7.16. The molecule has 2 aliphatic rings. The first-order valence-corrected chi connectivity index (χ1v) is 9.40. The van der Waals surface area contributed by atoms with Crippen molar-refractivity contribution in [1.82, 2.24) is 15.2 Å². The summed E-state index contributed by atoms with van der Waals surface area (Å²) in [5.41, 5.74) is 2.72. The van der Waals surface area contributed by atoms with Crippen molar-refractivity contribution in [2.24, 2.45) is 5.92 Å². The molecule has 1 aromatic carbocycles. The normalized spacial score (nSPS) is 22.7. The molecule has 140 valence electrons. The van der Waals surface area contributed by atoms with Gasteiger partial charge in [-0.1, -0.05) is 30.3 Å². The van der Waals surface area contributed by atoms with Gasteiger partial charge in [0.2, 0.25) is 0 Å². The first-order valence-electron chi connectivity index (χ1n) is 9.40. The molecule has 2 atom stereocenters. The fraction of sp³-hybridized carbons (Fsp3) is 0.381. The monoisotopic (exact) mass is 365 g/mol. The summed E-state index contributed by atoms with van der Waals surface area (Å²) in [5.74, 6) is 0.183. The smallest absolute Gasteiger partial charge is 0.325 e. The largest absolute Gasteiger partial charge is 0.381 e. The molecule has 2 unspecified atom stereocenters. The van der Waals surface area contributed by atoms with Gasteiger partial charge in [-0.15, -0.1) is 0 Å². The van der Waals surface area contributed by atoms with Gasteiger partial charge < -0.3 is 10.1 Å². The molecule has 2 saturated heterocycles. The van der Waals surface area contributed by atoms with Crippen molar-refractivity contribution in [3.8, 4) is 11.3 Å². The molecular formula is C21H23N3O3. The van der Waals surface area contributed by atoms with Crippen LogP contribution in [0.1, 0.15) is 24.8 Å². The van der Waals surface area contributed by atoms with E-state index in [2.05, 4.69) is 10.3 Å². The van der Waals surface area contributed by atoms with Gasteiger partial charge in [0.25, 0.3) is 5.91 Å². The molecule has 6 heteroatoms. The summed E-state index contributed by atoms with van der Waals surface area (Å²) < 4.78 is 5.49. The zero-order chi connectivity index (χ0) is 18.6. The molecule has 1 N–H and O–H groups in total. The lowest BCUT2D eigenvalue weighted by molar-refractivity contribution is -0.128. The summed E-state index contributed by atoms with van der Waals surface area (Å²) in [6, 6.07) is 12.9. The molecule has 0 spiro atoms. The molecule has 0 bridgehead atoms. The van der Waals surface area contributed by atoms with Crippen LogP contribution in [0.25, 0.3) is 11.3 Å². The number of nitrogens with one attached hydrogen (secondary N) is 1. The highest BCUT2D eigenvalue weighted by Crippen LogP contribution is 2.24. The van der Waals surface area contributed by atoms with E-state index >= 15 is 0 Å². The molecule has 3 amide bonds. The Bertz CT molecular complexity index is 818. The molecule has 27 heavy (non-hydrogen) atoms. The maximum atomic E-state index is 12.7. The molecule has 2 aliphatic heterocycles. The van der Waals surface area contributed by atoms with E-state index in [1.165, 1.54) is 4.90 Å². The maximum absolute atomic E-state index is 12.7. The lowest BCUT2D eigenvalue weighted by atomic mass is 9.94. The number of imide groups is 1. The Balaban J connectivity index is 1.44. The highest BCUT2D eigenvalue weighted by atomic mass is 16.5. The number of benzene rings is 1. The Morgan fingerprint density at radius 3 is 2.81 bits per heavy atom. The fourth-order valence-corrected chi connectivity index (χ4v) is 3.73. The molecule has 0 radical (unpaired) electrons. The second-order valence-corrected chi connectivity index (χ2v) is 7.16. The number of urea groups is 1. The number of carbonyl (C=O) groups is 2. The van der Waals surface area contributed by atoms with Gasteiger partial charge in [0.05, 0.1) is 12.2 Å². The standard InChI is InChI=1S/C21H23N3O3/c25-20-19(12-16-5-4-10-27-14-16)23-21(26)24(20)13-15-8-9-22-18(11-15)17-6-2-1-3-7-17/h1-3,6-9,11,16,19H,4-5,10,12-14H2,(H,23,26). The zero-order valence-corrected chi connectivity index (χ0v) is 15.1. The molecule has 4 rings (SSSR count). The molecule has 0 aliphatic carbocycles. The second kappa shape index (κ2) is 7.88. The van der Waals surface area contributed by atoms with E-state index in [1.54, 1.807) is 6.20 Å². The number of carbonyl (C=O) groups excluding carboxylic acids is 2. The van der Waals surface area contributed by atoms with E-state index in [4.69, 9.17) is 4.74 Å². The van der Waals surface area contributed by atoms with Crippen molar-refractivity contribution < 1.29 is 14.3 Å². The highest BCUT2D eigenvalue weighted by Gasteiger charge is 2.39. The van der Waals surface area contributed by atoms with E-state index in [0.29, 0.717) is 18.9 Å². The first-order chi connectivity index (χ1) is 13.2. The van der Waals surface area contributed by atoms with Crippen molar-refractivity contribution in [3.05, 3.63) is 54.2 Å². The minimum atomic E-state index is -0.445. The molecule has 1 aromatic heterocycles. The van der Waals surface area contributed by atoms with Crippen LogP contribution in [-0.2, 0) is 16.1 Å². The predicted octanol–water partition coefficient (Wildman–Crippen LogP) is 2.99. The summed E-state index contributed by atoms with van der Waals surface area (Å²) in [4.78, 5) is 30.8. The van der Waals surface area contributed by atoms with Crippen molar-refractivity contribution in [2.45, 2.75) is 31.8 Å². The number of ether oxygens (including phenoxy) is 1. The van der Waals surface area contributed by atoms with Crippen LogP contribution in [0.2, 0.25) is 0 Å². The predicted molar refractivity (Wildman–Crippen MR) is 101 cm³/mol. The number of pyridine rings is 1. The number of hydrogen-bond donors (Lipinski definition) is 1. The number of nitrogens with zero attached hydrogens (tertiary/aromatic N) is 2. The van der Waals surface area contributed by atoms with Crippen molar-refractivity contribution in [3.63, 3.8) is 0 Å². The fourth-order valence-electron chi connectivity index (χ4n) is 3.73. The summed E-state index contributed by atoms with van der Waals surface area (Å²) in [5, 5.41) is 2.83. The quantitative estimate of drug-likeness (QED) is 0.827. The maximum Gasteiger partial charge on any atom is 0.325 e. The molecule has 0 saturated carbocycles. The van der Waals surface area contributed by atoms with Gasteiger partial charge in [0, 0.05) is 25.0 Å². The van der Waals surface area contributed by atoms with Crippen LogP contribution in [0.15, 0.2) is 48.7 Å². The van der Waals surface area contributed by atoms with Gasteiger partial charge in [0.1, 0.15) is 6.04 Å². The van der Waals surface area contributed by atoms with E-state index < -0.39 is 6.04 Å². The van der Waals surface area contributed by atoms with Crippen LogP contribution in [0.5, 0.6) is 0 Å². The molecule has 2 fully saturated rings. The van der Waals surface area contributed by atoms with Crippen LogP contribution in [0.4, 0.5) is 4.79 Å². The van der Waals surface area contributed by atoms with Crippen LogP contribution in [-0.4, -0.2) is 41.1 Å². The lowest BCUT2D eigenvalue weighted by Gasteiger charge is -2.23. The topological polar surface area (TPSA) is 71.5 Å². The minimum absolute atomic E-state index is 0.149. The third kappa shape index (κ3) is 4.01. The van der Waals surface area contributed by atoms with Crippen molar-refractivity contribution in [1.29, 1.82) is 0 Å². The van der Waals surface area contributed by atoms with Crippen LogP contribution in [0.3, 0.4) is 0 Å². The van der Waals surface area contributed by atoms with Gasteiger partial charge in [-0.05, 0) is 42.9 Å².